The van der Waals surface area contributed by atoms with Gasteiger partial charge in [0.25, 0.3) is 0 Å². The largest absolute Gasteiger partial charge is 0.457 e. The van der Waals surface area contributed by atoms with Crippen molar-refractivity contribution < 1.29 is 4.74 Å². The molecule has 2 aromatic heterocycles. The molecule has 3 aromatic carbocycles. The fourth-order valence-corrected chi connectivity index (χ4v) is 4.97. The van der Waals surface area contributed by atoms with Gasteiger partial charge in [0.1, 0.15) is 29.3 Å². The minimum Gasteiger partial charge on any atom is -0.457 e. The van der Waals surface area contributed by atoms with Crippen molar-refractivity contribution >= 4 is 16.9 Å². The highest BCUT2D eigenvalue weighted by atomic mass is 16.5. The van der Waals surface area contributed by atoms with Crippen LogP contribution in [0, 0.1) is 0 Å². The number of anilines is 1. The lowest BCUT2D eigenvalue weighted by Gasteiger charge is -2.33. The van der Waals surface area contributed by atoms with Crippen molar-refractivity contribution in [2.24, 2.45) is 0 Å². The number of hydrogen-bond acceptors (Lipinski definition) is 6. The van der Waals surface area contributed by atoms with E-state index in [4.69, 9.17) is 15.6 Å². The molecule has 0 aliphatic carbocycles. The Morgan fingerprint density at radius 3 is 2.36 bits per heavy atom. The number of hydrogen-bond donors (Lipinski definition) is 1. The van der Waals surface area contributed by atoms with Crippen LogP contribution in [0.15, 0.2) is 91.3 Å². The first-order valence-electron chi connectivity index (χ1n) is 12.3. The average Bonchev–Trinajstić information content (AvgIpc) is 3.32. The Morgan fingerprint density at radius 1 is 0.861 bits per heavy atom. The fraction of sp³-hybridized carbons (Fsp3) is 0.207. The molecular weight excluding hydrogens is 448 g/mol. The van der Waals surface area contributed by atoms with Crippen molar-refractivity contribution in [3.63, 3.8) is 0 Å². The molecule has 1 saturated heterocycles. The van der Waals surface area contributed by atoms with Crippen LogP contribution in [0.5, 0.6) is 11.5 Å². The van der Waals surface area contributed by atoms with Crippen molar-refractivity contribution in [1.29, 1.82) is 0 Å². The highest BCUT2D eigenvalue weighted by Gasteiger charge is 2.26. The molecule has 0 saturated carbocycles. The molecule has 5 aromatic rings. The van der Waals surface area contributed by atoms with Crippen LogP contribution >= 0.6 is 0 Å². The molecule has 36 heavy (non-hydrogen) atoms. The van der Waals surface area contributed by atoms with E-state index >= 15 is 0 Å². The SMILES string of the molecule is Nc1ncnc2c1c(-c1ccc(Oc3ccccc3)cc1)nn2C1CCCN(Cc2ccccc2)C1. The number of fused-ring (bicyclic) bond motifs is 1. The lowest BCUT2D eigenvalue weighted by Crippen LogP contribution is -2.36. The Labute approximate surface area is 210 Å². The quantitative estimate of drug-likeness (QED) is 0.338. The van der Waals surface area contributed by atoms with Crippen LogP contribution in [0.2, 0.25) is 0 Å². The molecule has 1 unspecified atom stereocenters. The summed E-state index contributed by atoms with van der Waals surface area (Å²) < 4.78 is 8.02. The summed E-state index contributed by atoms with van der Waals surface area (Å²) in [6.07, 6.45) is 3.69. The Hall–Kier alpha value is -4.23. The van der Waals surface area contributed by atoms with Crippen LogP contribution in [-0.4, -0.2) is 37.7 Å². The average molecular weight is 477 g/mol. The first-order valence-corrected chi connectivity index (χ1v) is 12.3. The van der Waals surface area contributed by atoms with Crippen LogP contribution in [-0.2, 0) is 6.54 Å². The number of piperidine rings is 1. The third kappa shape index (κ3) is 4.53. The number of benzene rings is 3. The number of nitrogen functional groups attached to an aromatic ring is 1. The van der Waals surface area contributed by atoms with Crippen molar-refractivity contribution in [2.45, 2.75) is 25.4 Å². The van der Waals surface area contributed by atoms with E-state index in [1.807, 2.05) is 54.6 Å². The number of nitrogens with zero attached hydrogens (tertiary/aromatic N) is 5. The Bertz CT molecular complexity index is 1450. The molecule has 0 amide bonds. The molecule has 7 nitrogen and oxygen atoms in total. The van der Waals surface area contributed by atoms with E-state index in [9.17, 15) is 0 Å². The summed E-state index contributed by atoms with van der Waals surface area (Å²) in [5, 5.41) is 5.87. The zero-order valence-electron chi connectivity index (χ0n) is 20.0. The molecule has 1 atom stereocenters. The van der Waals surface area contributed by atoms with Gasteiger partial charge in [-0.25, -0.2) is 14.6 Å². The monoisotopic (exact) mass is 476 g/mol. The van der Waals surface area contributed by atoms with E-state index in [2.05, 4.69) is 49.9 Å². The van der Waals surface area contributed by atoms with Crippen molar-refractivity contribution in [2.75, 3.05) is 18.8 Å². The molecule has 0 spiro atoms. The minimum atomic E-state index is 0.216. The minimum absolute atomic E-state index is 0.216. The van der Waals surface area contributed by atoms with Gasteiger partial charge in [0, 0.05) is 18.7 Å². The van der Waals surface area contributed by atoms with Gasteiger partial charge in [-0.15, -0.1) is 0 Å². The van der Waals surface area contributed by atoms with Crippen LogP contribution in [0.25, 0.3) is 22.3 Å². The van der Waals surface area contributed by atoms with Gasteiger partial charge in [0.2, 0.25) is 0 Å². The molecule has 0 bridgehead atoms. The van der Waals surface area contributed by atoms with Gasteiger partial charge in [-0.1, -0.05) is 48.5 Å². The Morgan fingerprint density at radius 2 is 1.58 bits per heavy atom. The summed E-state index contributed by atoms with van der Waals surface area (Å²) in [5.74, 6) is 2.01. The van der Waals surface area contributed by atoms with Crippen LogP contribution in [0.1, 0.15) is 24.4 Å². The lowest BCUT2D eigenvalue weighted by atomic mass is 10.0. The molecule has 1 aliphatic heterocycles. The predicted octanol–water partition coefficient (Wildman–Crippen LogP) is 5.70. The summed E-state index contributed by atoms with van der Waals surface area (Å²) in [5.41, 5.74) is 10.2. The molecule has 1 aliphatic rings. The second-order valence-electron chi connectivity index (χ2n) is 9.21. The third-order valence-corrected chi connectivity index (χ3v) is 6.70. The van der Waals surface area contributed by atoms with Crippen molar-refractivity contribution in [3.8, 4) is 22.8 Å². The van der Waals surface area contributed by atoms with Crippen LogP contribution in [0.3, 0.4) is 0 Å². The van der Waals surface area contributed by atoms with E-state index in [0.29, 0.717) is 5.82 Å². The standard InChI is InChI=1S/C29H28N6O/c30-28-26-27(22-13-15-25(16-14-22)36-24-11-5-2-6-12-24)33-35(29(26)32-20-31-28)23-10-7-17-34(19-23)18-21-8-3-1-4-9-21/h1-6,8-9,11-16,20,23H,7,10,17-19H2,(H2,30,31,32). The molecule has 1 fully saturated rings. The molecule has 2 N–H and O–H groups in total. The zero-order valence-corrected chi connectivity index (χ0v) is 20.0. The van der Waals surface area contributed by atoms with E-state index in [1.54, 1.807) is 0 Å². The molecule has 180 valence electrons. The van der Waals surface area contributed by atoms with E-state index < -0.39 is 0 Å². The second-order valence-corrected chi connectivity index (χ2v) is 9.21. The fourth-order valence-electron chi connectivity index (χ4n) is 4.97. The molecule has 7 heteroatoms. The van der Waals surface area contributed by atoms with Crippen LogP contribution < -0.4 is 10.5 Å². The molecule has 6 rings (SSSR count). The number of likely N-dealkylation sites (tertiary alicyclic amines) is 1. The number of aromatic nitrogens is 4. The number of nitrogens with two attached hydrogens (primary N) is 1. The maximum Gasteiger partial charge on any atom is 0.164 e. The normalized spacial score (nSPS) is 16.3. The number of para-hydroxylation sites is 1. The zero-order chi connectivity index (χ0) is 24.3. The Balaban J connectivity index is 1.30. The highest BCUT2D eigenvalue weighted by Crippen LogP contribution is 2.35. The summed E-state index contributed by atoms with van der Waals surface area (Å²) >= 11 is 0. The van der Waals surface area contributed by atoms with Gasteiger partial charge >= 0.3 is 0 Å². The van der Waals surface area contributed by atoms with Gasteiger partial charge in [-0.2, -0.15) is 5.10 Å². The van der Waals surface area contributed by atoms with Gasteiger partial charge in [-0.05, 0) is 61.3 Å². The highest BCUT2D eigenvalue weighted by molar-refractivity contribution is 5.98. The predicted molar refractivity (Wildman–Crippen MR) is 142 cm³/mol. The van der Waals surface area contributed by atoms with Gasteiger partial charge in [0.15, 0.2) is 5.65 Å². The summed E-state index contributed by atoms with van der Waals surface area (Å²) in [6, 6.07) is 28.5. The smallest absolute Gasteiger partial charge is 0.164 e. The Kier molecular flexibility index (Phi) is 6.05. The second kappa shape index (κ2) is 9.79. The van der Waals surface area contributed by atoms with Crippen LogP contribution in [0.4, 0.5) is 5.82 Å². The maximum absolute atomic E-state index is 6.36. The van der Waals surface area contributed by atoms with Gasteiger partial charge < -0.3 is 10.5 Å². The number of rotatable bonds is 6. The number of ether oxygens (including phenoxy) is 1. The molecular formula is C29H28N6O. The summed E-state index contributed by atoms with van der Waals surface area (Å²) in [6.45, 7) is 2.93. The molecule has 3 heterocycles. The van der Waals surface area contributed by atoms with Crippen molar-refractivity contribution in [3.05, 3.63) is 96.8 Å². The molecule has 0 radical (unpaired) electrons. The first-order chi connectivity index (χ1) is 17.7. The first kappa shape index (κ1) is 22.2. The van der Waals surface area contributed by atoms with E-state index in [1.165, 1.54) is 11.9 Å². The van der Waals surface area contributed by atoms with Gasteiger partial charge in [0.05, 0.1) is 11.4 Å². The van der Waals surface area contributed by atoms with E-state index in [0.717, 1.165) is 66.3 Å². The maximum atomic E-state index is 6.36. The van der Waals surface area contributed by atoms with E-state index in [-0.39, 0.29) is 6.04 Å². The third-order valence-electron chi connectivity index (χ3n) is 6.70. The van der Waals surface area contributed by atoms with Gasteiger partial charge in [-0.3, -0.25) is 4.90 Å². The summed E-state index contributed by atoms with van der Waals surface area (Å²) in [7, 11) is 0. The topological polar surface area (TPSA) is 82.1 Å². The lowest BCUT2D eigenvalue weighted by molar-refractivity contribution is 0.165. The summed E-state index contributed by atoms with van der Waals surface area (Å²) in [4.78, 5) is 11.4. The van der Waals surface area contributed by atoms with Crippen molar-refractivity contribution in [1.82, 2.24) is 24.6 Å².